The lowest BCUT2D eigenvalue weighted by Crippen LogP contribution is -2.14. The molecule has 0 spiro atoms. The van der Waals surface area contributed by atoms with E-state index in [4.69, 9.17) is 16.9 Å². The van der Waals surface area contributed by atoms with Crippen LogP contribution in [-0.2, 0) is 0 Å². The molecule has 0 bridgehead atoms. The van der Waals surface area contributed by atoms with E-state index in [0.29, 0.717) is 22.0 Å². The number of hydrogen-bond donors (Lipinski definition) is 1. The number of nitrogens with zero attached hydrogens (tertiary/aromatic N) is 4. The van der Waals surface area contributed by atoms with Gasteiger partial charge in [-0.3, -0.25) is 4.79 Å². The summed E-state index contributed by atoms with van der Waals surface area (Å²) in [7, 11) is 0. The fraction of sp³-hybridized carbons (Fsp3) is 0.111. The molecule has 0 aliphatic heterocycles. The average Bonchev–Trinajstić information content (AvgIpc) is 2.99. The first-order valence-corrected chi connectivity index (χ1v) is 7.87. The summed E-state index contributed by atoms with van der Waals surface area (Å²) in [5.41, 5.74) is 3.56. The van der Waals surface area contributed by atoms with Crippen LogP contribution in [0.1, 0.15) is 27.3 Å². The minimum absolute atomic E-state index is 0.217. The standard InChI is InChI=1S/C18H14ClN5O/c1-11-3-6-15(7-4-11)24-12(2)17(22-23-24)18(25)21-14-5-8-16(19)13(9-14)10-20/h3-9H,1-2H3,(H,21,25). The molecule has 0 atom stereocenters. The van der Waals surface area contributed by atoms with Gasteiger partial charge in [0.25, 0.3) is 5.91 Å². The first-order valence-electron chi connectivity index (χ1n) is 7.50. The highest BCUT2D eigenvalue weighted by molar-refractivity contribution is 6.31. The molecule has 0 unspecified atom stereocenters. The van der Waals surface area contributed by atoms with Gasteiger partial charge in [0.1, 0.15) is 6.07 Å². The molecule has 0 saturated heterocycles. The lowest BCUT2D eigenvalue weighted by Gasteiger charge is -2.06. The number of nitrogens with one attached hydrogen (secondary N) is 1. The maximum atomic E-state index is 12.5. The summed E-state index contributed by atoms with van der Waals surface area (Å²) in [5.74, 6) is -0.401. The quantitative estimate of drug-likeness (QED) is 0.780. The first-order chi connectivity index (χ1) is 12.0. The molecule has 3 rings (SSSR count). The molecule has 0 aliphatic rings. The summed E-state index contributed by atoms with van der Waals surface area (Å²) in [6.45, 7) is 3.77. The number of carbonyl (C=O) groups is 1. The van der Waals surface area contributed by atoms with Crippen LogP contribution in [0.3, 0.4) is 0 Å². The van der Waals surface area contributed by atoms with Crippen LogP contribution < -0.4 is 5.32 Å². The van der Waals surface area contributed by atoms with Crippen molar-refractivity contribution in [3.05, 3.63) is 70.0 Å². The van der Waals surface area contributed by atoms with E-state index in [9.17, 15) is 4.79 Å². The lowest BCUT2D eigenvalue weighted by molar-refractivity contribution is 0.102. The van der Waals surface area contributed by atoms with Gasteiger partial charge >= 0.3 is 0 Å². The van der Waals surface area contributed by atoms with Crippen LogP contribution in [-0.4, -0.2) is 20.9 Å². The predicted molar refractivity (Wildman–Crippen MR) is 95.0 cm³/mol. The summed E-state index contributed by atoms with van der Waals surface area (Å²) in [6, 6.07) is 14.4. The number of halogens is 1. The minimum Gasteiger partial charge on any atom is -0.320 e. The van der Waals surface area contributed by atoms with Gasteiger partial charge in [0.15, 0.2) is 5.69 Å². The van der Waals surface area contributed by atoms with Gasteiger partial charge in [-0.05, 0) is 44.2 Å². The average molecular weight is 352 g/mol. The van der Waals surface area contributed by atoms with Crippen LogP contribution in [0, 0.1) is 25.2 Å². The third kappa shape index (κ3) is 3.37. The summed E-state index contributed by atoms with van der Waals surface area (Å²) in [4.78, 5) is 12.5. The Kier molecular flexibility index (Phi) is 4.50. The number of benzene rings is 2. The molecule has 124 valence electrons. The minimum atomic E-state index is -0.401. The van der Waals surface area contributed by atoms with E-state index < -0.39 is 5.91 Å². The number of rotatable bonds is 3. The van der Waals surface area contributed by atoms with E-state index in [1.54, 1.807) is 23.7 Å². The van der Waals surface area contributed by atoms with Gasteiger partial charge in [-0.1, -0.05) is 34.5 Å². The zero-order valence-electron chi connectivity index (χ0n) is 13.6. The third-order valence-electron chi connectivity index (χ3n) is 3.73. The van der Waals surface area contributed by atoms with Gasteiger partial charge in [-0.2, -0.15) is 5.26 Å². The van der Waals surface area contributed by atoms with Crippen LogP contribution >= 0.6 is 11.6 Å². The van der Waals surface area contributed by atoms with Crippen LogP contribution in [0.2, 0.25) is 5.02 Å². The molecule has 0 fully saturated rings. The van der Waals surface area contributed by atoms with Gasteiger partial charge in [0, 0.05) is 5.69 Å². The molecule has 1 heterocycles. The summed E-state index contributed by atoms with van der Waals surface area (Å²) in [5, 5.41) is 20.1. The predicted octanol–water partition coefficient (Wildman–Crippen LogP) is 3.66. The van der Waals surface area contributed by atoms with E-state index >= 15 is 0 Å². The molecule has 1 amide bonds. The second kappa shape index (κ2) is 6.75. The highest BCUT2D eigenvalue weighted by Gasteiger charge is 2.18. The SMILES string of the molecule is Cc1ccc(-n2nnc(C(=O)Nc3ccc(Cl)c(C#N)c3)c2C)cc1. The van der Waals surface area contributed by atoms with Crippen molar-refractivity contribution >= 4 is 23.2 Å². The van der Waals surface area contributed by atoms with Gasteiger partial charge in [-0.15, -0.1) is 5.10 Å². The molecule has 25 heavy (non-hydrogen) atoms. The molecule has 1 N–H and O–H groups in total. The van der Waals surface area contributed by atoms with Crippen molar-refractivity contribution < 1.29 is 4.79 Å². The topological polar surface area (TPSA) is 83.6 Å². The van der Waals surface area contributed by atoms with E-state index in [2.05, 4.69) is 15.6 Å². The van der Waals surface area contributed by atoms with Crippen LogP contribution in [0.5, 0.6) is 0 Å². The number of anilines is 1. The Morgan fingerprint density at radius 1 is 1.20 bits per heavy atom. The Morgan fingerprint density at radius 3 is 2.60 bits per heavy atom. The molecule has 1 aromatic heterocycles. The number of carbonyl (C=O) groups excluding carboxylic acids is 1. The molecule has 6 nitrogen and oxygen atoms in total. The lowest BCUT2D eigenvalue weighted by atomic mass is 10.2. The number of amides is 1. The highest BCUT2D eigenvalue weighted by Crippen LogP contribution is 2.20. The smallest absolute Gasteiger partial charge is 0.278 e. The number of hydrogen-bond acceptors (Lipinski definition) is 4. The first kappa shape index (κ1) is 16.7. The molecule has 0 aliphatic carbocycles. The van der Waals surface area contributed by atoms with Gasteiger partial charge in [-0.25, -0.2) is 4.68 Å². The van der Waals surface area contributed by atoms with Crippen molar-refractivity contribution in [1.82, 2.24) is 15.0 Å². The van der Waals surface area contributed by atoms with Gasteiger partial charge < -0.3 is 5.32 Å². The van der Waals surface area contributed by atoms with Crippen molar-refractivity contribution in [3.63, 3.8) is 0 Å². The largest absolute Gasteiger partial charge is 0.320 e. The Hall–Kier alpha value is -3.17. The molecular formula is C18H14ClN5O. The van der Waals surface area contributed by atoms with Crippen LogP contribution in [0.25, 0.3) is 5.69 Å². The zero-order valence-corrected chi connectivity index (χ0v) is 14.4. The van der Waals surface area contributed by atoms with Crippen molar-refractivity contribution in [1.29, 1.82) is 5.26 Å². The molecular weight excluding hydrogens is 338 g/mol. The fourth-order valence-electron chi connectivity index (χ4n) is 2.35. The van der Waals surface area contributed by atoms with Crippen molar-refractivity contribution in [2.75, 3.05) is 5.32 Å². The Labute approximate surface area is 149 Å². The van der Waals surface area contributed by atoms with E-state index in [1.165, 1.54) is 6.07 Å². The normalized spacial score (nSPS) is 10.3. The van der Waals surface area contributed by atoms with Gasteiger partial charge in [0.2, 0.25) is 0 Å². The van der Waals surface area contributed by atoms with Crippen molar-refractivity contribution in [3.8, 4) is 11.8 Å². The Bertz CT molecular complexity index is 986. The number of aryl methyl sites for hydroxylation is 1. The van der Waals surface area contributed by atoms with Gasteiger partial charge in [0.05, 0.1) is 22.0 Å². The third-order valence-corrected chi connectivity index (χ3v) is 4.06. The Balaban J connectivity index is 1.86. The van der Waals surface area contributed by atoms with Crippen molar-refractivity contribution in [2.45, 2.75) is 13.8 Å². The molecule has 3 aromatic rings. The molecule has 7 heteroatoms. The monoisotopic (exact) mass is 351 g/mol. The number of aromatic nitrogens is 3. The summed E-state index contributed by atoms with van der Waals surface area (Å²) < 4.78 is 1.61. The van der Waals surface area contributed by atoms with Crippen molar-refractivity contribution in [2.24, 2.45) is 0 Å². The maximum absolute atomic E-state index is 12.5. The highest BCUT2D eigenvalue weighted by atomic mass is 35.5. The summed E-state index contributed by atoms with van der Waals surface area (Å²) in [6.07, 6.45) is 0. The van der Waals surface area contributed by atoms with Crippen LogP contribution in [0.4, 0.5) is 5.69 Å². The second-order valence-corrected chi connectivity index (χ2v) is 5.94. The zero-order chi connectivity index (χ0) is 18.0. The molecule has 0 saturated carbocycles. The van der Waals surface area contributed by atoms with E-state index in [1.807, 2.05) is 37.3 Å². The van der Waals surface area contributed by atoms with E-state index in [-0.39, 0.29) is 5.69 Å². The maximum Gasteiger partial charge on any atom is 0.278 e. The number of nitriles is 1. The molecule has 2 aromatic carbocycles. The fourth-order valence-corrected chi connectivity index (χ4v) is 2.51. The Morgan fingerprint density at radius 2 is 1.92 bits per heavy atom. The van der Waals surface area contributed by atoms with Crippen LogP contribution in [0.15, 0.2) is 42.5 Å². The molecule has 0 radical (unpaired) electrons. The van der Waals surface area contributed by atoms with E-state index in [0.717, 1.165) is 11.3 Å². The second-order valence-electron chi connectivity index (χ2n) is 5.53. The summed E-state index contributed by atoms with van der Waals surface area (Å²) >= 11 is 5.90.